The van der Waals surface area contributed by atoms with E-state index >= 15 is 0 Å². The number of non-ortho nitro benzene ring substituents is 1. The van der Waals surface area contributed by atoms with Crippen LogP contribution >= 0.6 is 0 Å². The molecule has 1 rings (SSSR count). The number of amides is 2. The minimum absolute atomic E-state index is 0.0264. The van der Waals surface area contributed by atoms with Crippen LogP contribution in [0.3, 0.4) is 0 Å². The first-order valence-electron chi connectivity index (χ1n) is 7.90. The summed E-state index contributed by atoms with van der Waals surface area (Å²) in [5.41, 5.74) is 0.0637. The fraction of sp³-hybridized carbons (Fsp3) is 0.500. The van der Waals surface area contributed by atoms with E-state index < -0.39 is 11.0 Å². The third-order valence-corrected chi connectivity index (χ3v) is 3.67. The van der Waals surface area contributed by atoms with Gasteiger partial charge in [-0.05, 0) is 26.8 Å². The molecular formula is C16H25N4O5+. The largest absolute Gasteiger partial charge is 0.495 e. The zero-order valence-electron chi connectivity index (χ0n) is 15.1. The van der Waals surface area contributed by atoms with Crippen molar-refractivity contribution in [2.75, 3.05) is 26.0 Å². The summed E-state index contributed by atoms with van der Waals surface area (Å²) in [5.74, 6) is -0.199. The first kappa shape index (κ1) is 20.4. The van der Waals surface area contributed by atoms with E-state index in [0.29, 0.717) is 10.6 Å². The molecule has 0 aromatic heterocycles. The van der Waals surface area contributed by atoms with E-state index in [1.165, 1.54) is 25.3 Å². The monoisotopic (exact) mass is 353 g/mol. The van der Waals surface area contributed by atoms with Gasteiger partial charge in [-0.3, -0.25) is 19.7 Å². The number of rotatable bonds is 8. The predicted octanol–water partition coefficient (Wildman–Crippen LogP) is -0.0303. The molecular weight excluding hydrogens is 328 g/mol. The van der Waals surface area contributed by atoms with Crippen LogP contribution in [0.5, 0.6) is 5.75 Å². The molecule has 9 heteroatoms. The molecule has 0 saturated heterocycles. The number of likely N-dealkylation sites (N-methyl/N-ethyl adjacent to an activating group) is 1. The summed E-state index contributed by atoms with van der Waals surface area (Å²) in [6.45, 7) is 5.53. The highest BCUT2D eigenvalue weighted by Crippen LogP contribution is 2.28. The van der Waals surface area contributed by atoms with Crippen LogP contribution in [0, 0.1) is 10.1 Å². The van der Waals surface area contributed by atoms with Crippen molar-refractivity contribution in [2.24, 2.45) is 0 Å². The van der Waals surface area contributed by atoms with Gasteiger partial charge in [0.1, 0.15) is 5.75 Å². The summed E-state index contributed by atoms with van der Waals surface area (Å²) in [5, 5.41) is 16.3. The number of anilines is 1. The molecule has 25 heavy (non-hydrogen) atoms. The molecule has 2 amide bonds. The van der Waals surface area contributed by atoms with Crippen molar-refractivity contribution in [3.05, 3.63) is 28.3 Å². The Morgan fingerprint density at radius 2 is 1.96 bits per heavy atom. The molecule has 0 radical (unpaired) electrons. The van der Waals surface area contributed by atoms with Gasteiger partial charge in [0.2, 0.25) is 0 Å². The summed E-state index contributed by atoms with van der Waals surface area (Å²) < 4.78 is 5.12. The van der Waals surface area contributed by atoms with Crippen molar-refractivity contribution in [3.63, 3.8) is 0 Å². The van der Waals surface area contributed by atoms with Crippen LogP contribution in [0.1, 0.15) is 20.8 Å². The van der Waals surface area contributed by atoms with Crippen molar-refractivity contribution in [3.8, 4) is 5.75 Å². The van der Waals surface area contributed by atoms with Gasteiger partial charge in [0, 0.05) is 18.2 Å². The fourth-order valence-electron chi connectivity index (χ4n) is 2.15. The van der Waals surface area contributed by atoms with Crippen molar-refractivity contribution in [1.29, 1.82) is 0 Å². The highest BCUT2D eigenvalue weighted by molar-refractivity contribution is 5.95. The normalized spacial score (nSPS) is 13.0. The number of nitrogens with one attached hydrogen (secondary N) is 3. The summed E-state index contributed by atoms with van der Waals surface area (Å²) >= 11 is 0. The van der Waals surface area contributed by atoms with Gasteiger partial charge in [-0.25, -0.2) is 0 Å². The highest BCUT2D eigenvalue weighted by atomic mass is 16.6. The molecule has 0 heterocycles. The Bertz CT molecular complexity index is 647. The van der Waals surface area contributed by atoms with E-state index in [0.717, 1.165) is 0 Å². The Morgan fingerprint density at radius 1 is 1.32 bits per heavy atom. The van der Waals surface area contributed by atoms with E-state index in [9.17, 15) is 19.7 Å². The van der Waals surface area contributed by atoms with Gasteiger partial charge in [-0.1, -0.05) is 0 Å². The van der Waals surface area contributed by atoms with Gasteiger partial charge in [0.15, 0.2) is 12.6 Å². The molecule has 0 spiro atoms. The van der Waals surface area contributed by atoms with Crippen LogP contribution in [0.4, 0.5) is 11.4 Å². The lowest BCUT2D eigenvalue weighted by atomic mass is 10.2. The first-order chi connectivity index (χ1) is 11.6. The Hall–Kier alpha value is -2.68. The maximum atomic E-state index is 12.4. The standard InChI is InChI=1S/C16H24N4O5/c1-10(2)17-15(21)9-19(4)11(3)16(22)18-13-8-12(20(23)24)6-7-14(13)25-5/h6-8,10-11H,9H2,1-5H3,(H,17,21)(H,18,22)/p+1/t11-/m0/s1. The molecule has 0 fully saturated rings. The Morgan fingerprint density at radius 3 is 2.48 bits per heavy atom. The summed E-state index contributed by atoms with van der Waals surface area (Å²) in [6, 6.07) is 3.45. The Balaban J connectivity index is 2.82. The number of carbonyl (C=O) groups is 2. The summed E-state index contributed by atoms with van der Waals surface area (Å²) in [6.07, 6.45) is 0. The quantitative estimate of drug-likeness (QED) is 0.448. The molecule has 3 N–H and O–H groups in total. The summed E-state index contributed by atoms with van der Waals surface area (Å²) in [7, 11) is 3.14. The van der Waals surface area contributed by atoms with Gasteiger partial charge in [0.25, 0.3) is 17.5 Å². The predicted molar refractivity (Wildman–Crippen MR) is 92.8 cm³/mol. The second-order valence-electron chi connectivity index (χ2n) is 6.10. The molecule has 0 bridgehead atoms. The number of hydrogen-bond acceptors (Lipinski definition) is 5. The fourth-order valence-corrected chi connectivity index (χ4v) is 2.15. The third-order valence-electron chi connectivity index (χ3n) is 3.67. The lowest BCUT2D eigenvalue weighted by molar-refractivity contribution is -0.885. The highest BCUT2D eigenvalue weighted by Gasteiger charge is 2.25. The zero-order valence-corrected chi connectivity index (χ0v) is 15.1. The van der Waals surface area contributed by atoms with Gasteiger partial charge in [-0.15, -0.1) is 0 Å². The smallest absolute Gasteiger partial charge is 0.282 e. The number of nitro benzene ring substituents is 1. The second kappa shape index (κ2) is 8.97. The lowest BCUT2D eigenvalue weighted by Crippen LogP contribution is -3.15. The minimum atomic E-state index is -0.549. The number of nitro groups is 1. The molecule has 9 nitrogen and oxygen atoms in total. The van der Waals surface area contributed by atoms with Gasteiger partial charge in [-0.2, -0.15) is 0 Å². The van der Waals surface area contributed by atoms with E-state index in [4.69, 9.17) is 4.74 Å². The Labute approximate surface area is 146 Å². The maximum absolute atomic E-state index is 12.4. The van der Waals surface area contributed by atoms with E-state index in [1.54, 1.807) is 14.0 Å². The van der Waals surface area contributed by atoms with E-state index in [2.05, 4.69) is 10.6 Å². The van der Waals surface area contributed by atoms with Crippen LogP contribution in [0.2, 0.25) is 0 Å². The van der Waals surface area contributed by atoms with Crippen LogP contribution < -0.4 is 20.3 Å². The maximum Gasteiger partial charge on any atom is 0.282 e. The van der Waals surface area contributed by atoms with Crippen molar-refractivity contribution in [1.82, 2.24) is 5.32 Å². The molecule has 1 aromatic rings. The topological polar surface area (TPSA) is 115 Å². The van der Waals surface area contributed by atoms with E-state index in [-0.39, 0.29) is 35.8 Å². The molecule has 0 aliphatic rings. The van der Waals surface area contributed by atoms with Crippen molar-refractivity contribution >= 4 is 23.2 Å². The number of hydrogen-bond donors (Lipinski definition) is 3. The number of benzene rings is 1. The van der Waals surface area contributed by atoms with Crippen molar-refractivity contribution < 1.29 is 24.1 Å². The molecule has 2 atom stereocenters. The number of carbonyl (C=O) groups excluding carboxylic acids is 2. The average Bonchev–Trinajstić information content (AvgIpc) is 2.52. The molecule has 0 aliphatic heterocycles. The Kier molecular flexibility index (Phi) is 7.31. The molecule has 0 aliphatic carbocycles. The van der Waals surface area contributed by atoms with Crippen LogP contribution in [-0.4, -0.2) is 49.5 Å². The SMILES string of the molecule is COc1ccc([N+](=O)[O-])cc1NC(=O)[C@H](C)[NH+](C)CC(=O)NC(C)C. The molecule has 1 aromatic carbocycles. The number of nitrogens with zero attached hydrogens (tertiary/aromatic N) is 1. The zero-order chi connectivity index (χ0) is 19.1. The molecule has 0 saturated carbocycles. The number of methoxy groups -OCH3 is 1. The van der Waals surface area contributed by atoms with Crippen LogP contribution in [-0.2, 0) is 9.59 Å². The number of ether oxygens (including phenoxy) is 1. The summed E-state index contributed by atoms with van der Waals surface area (Å²) in [4.78, 5) is 35.3. The average molecular weight is 353 g/mol. The lowest BCUT2D eigenvalue weighted by Gasteiger charge is -2.21. The second-order valence-corrected chi connectivity index (χ2v) is 6.10. The van der Waals surface area contributed by atoms with Crippen molar-refractivity contribution in [2.45, 2.75) is 32.9 Å². The van der Waals surface area contributed by atoms with Gasteiger partial charge in [0.05, 0.1) is 24.8 Å². The van der Waals surface area contributed by atoms with E-state index in [1.807, 2.05) is 13.8 Å². The minimum Gasteiger partial charge on any atom is -0.495 e. The third kappa shape index (κ3) is 6.03. The van der Waals surface area contributed by atoms with Crippen LogP contribution in [0.25, 0.3) is 0 Å². The molecule has 138 valence electrons. The van der Waals surface area contributed by atoms with Crippen LogP contribution in [0.15, 0.2) is 18.2 Å². The van der Waals surface area contributed by atoms with Gasteiger partial charge >= 0.3 is 0 Å². The first-order valence-corrected chi connectivity index (χ1v) is 7.90. The number of quaternary nitrogens is 1. The molecule has 1 unspecified atom stereocenters. The van der Waals surface area contributed by atoms with Gasteiger partial charge < -0.3 is 20.3 Å².